The van der Waals surface area contributed by atoms with E-state index in [9.17, 15) is 14.4 Å². The molecule has 2 aliphatic carbocycles. The molecule has 2 amide bonds. The average molecular weight is 478 g/mol. The third kappa shape index (κ3) is 6.28. The molecule has 0 fully saturated rings. The highest BCUT2D eigenvalue weighted by Gasteiger charge is 2.19. The van der Waals surface area contributed by atoms with Gasteiger partial charge in [0.25, 0.3) is 0 Å². The molecule has 1 unspecified atom stereocenters. The standard InChI is InChI=1S/C26H27N3O6/c1-28(25(31)33-19-8-6-4-3-5-7-9-19)14-15-29(2)26(32)34-20-11-13-22-24(17-20)35-23-16-18(30)10-12-21(23)27-22/h4,8,10-13,16-17,19H,3,5,7,9,14-15H2,1-2H3. The van der Waals surface area contributed by atoms with Gasteiger partial charge in [0.05, 0.1) is 0 Å². The number of carbonyl (C=O) groups is 2. The fourth-order valence-corrected chi connectivity index (χ4v) is 3.56. The summed E-state index contributed by atoms with van der Waals surface area (Å²) in [5, 5.41) is 0. The second kappa shape index (κ2) is 10.9. The van der Waals surface area contributed by atoms with Crippen LogP contribution in [0.2, 0.25) is 0 Å². The molecule has 1 aromatic rings. The summed E-state index contributed by atoms with van der Waals surface area (Å²) in [5.74, 6) is 0.626. The maximum atomic E-state index is 12.5. The van der Waals surface area contributed by atoms with Crippen molar-refractivity contribution in [3.63, 3.8) is 0 Å². The van der Waals surface area contributed by atoms with Gasteiger partial charge >= 0.3 is 12.2 Å². The van der Waals surface area contributed by atoms with Crippen LogP contribution in [0.15, 0.2) is 63.5 Å². The Labute approximate surface area is 202 Å². The van der Waals surface area contributed by atoms with Crippen molar-refractivity contribution in [3.05, 3.63) is 64.5 Å². The Balaban J connectivity index is 1.32. The first-order chi connectivity index (χ1) is 16.9. The Hall–Kier alpha value is -4.10. The van der Waals surface area contributed by atoms with Gasteiger partial charge in [-0.2, -0.15) is 0 Å². The topological polar surface area (TPSA) is 102 Å². The lowest BCUT2D eigenvalue weighted by Gasteiger charge is -2.23. The largest absolute Gasteiger partial charge is 0.453 e. The van der Waals surface area contributed by atoms with E-state index in [2.05, 4.69) is 10.7 Å². The summed E-state index contributed by atoms with van der Waals surface area (Å²) in [6.45, 7) is 0.526. The molecule has 0 saturated carbocycles. The van der Waals surface area contributed by atoms with Gasteiger partial charge in [-0.1, -0.05) is 0 Å². The number of rotatable bonds is 5. The first-order valence-electron chi connectivity index (χ1n) is 11.5. The van der Waals surface area contributed by atoms with E-state index in [4.69, 9.17) is 13.9 Å². The van der Waals surface area contributed by atoms with Crippen LogP contribution in [0.3, 0.4) is 0 Å². The van der Waals surface area contributed by atoms with E-state index in [0.29, 0.717) is 22.6 Å². The molecule has 4 rings (SSSR count). The van der Waals surface area contributed by atoms with Gasteiger partial charge in [0.1, 0.15) is 23.1 Å². The molecule has 1 aliphatic heterocycles. The van der Waals surface area contributed by atoms with E-state index in [-0.39, 0.29) is 30.4 Å². The highest BCUT2D eigenvalue weighted by atomic mass is 16.6. The number of likely N-dealkylation sites (N-methyl/N-ethyl adjacent to an activating group) is 2. The van der Waals surface area contributed by atoms with Gasteiger partial charge in [-0.3, -0.25) is 4.79 Å². The fourth-order valence-electron chi connectivity index (χ4n) is 3.56. The normalized spacial score (nSPS) is 15.4. The average Bonchev–Trinajstić information content (AvgIpc) is 2.82. The van der Waals surface area contributed by atoms with E-state index >= 15 is 0 Å². The van der Waals surface area contributed by atoms with E-state index < -0.39 is 12.2 Å². The molecule has 182 valence electrons. The molecule has 1 atom stereocenters. The van der Waals surface area contributed by atoms with E-state index in [0.717, 1.165) is 25.7 Å². The van der Waals surface area contributed by atoms with Crippen LogP contribution in [-0.2, 0) is 4.74 Å². The number of carbonyl (C=O) groups excluding carboxylic acids is 2. The molecule has 9 nitrogen and oxygen atoms in total. The second-order valence-corrected chi connectivity index (χ2v) is 8.43. The molecule has 1 heterocycles. The number of nitrogens with zero attached hydrogens (tertiary/aromatic N) is 3. The van der Waals surface area contributed by atoms with Crippen LogP contribution in [0.5, 0.6) is 5.75 Å². The zero-order chi connectivity index (χ0) is 24.8. The number of hydrogen-bond acceptors (Lipinski definition) is 7. The molecule has 0 N–H and O–H groups in total. The molecule has 3 aliphatic rings. The quantitative estimate of drug-likeness (QED) is 0.395. The van der Waals surface area contributed by atoms with Crippen LogP contribution < -0.4 is 10.2 Å². The van der Waals surface area contributed by atoms with Gasteiger partial charge in [0.2, 0.25) is 0 Å². The number of amides is 2. The van der Waals surface area contributed by atoms with Crippen LogP contribution in [-0.4, -0.2) is 60.3 Å². The van der Waals surface area contributed by atoms with Crippen LogP contribution in [0.25, 0.3) is 22.6 Å². The van der Waals surface area contributed by atoms with Crippen LogP contribution in [0, 0.1) is 0 Å². The summed E-state index contributed by atoms with van der Waals surface area (Å²) in [4.78, 5) is 43.8. The Morgan fingerprint density at radius 3 is 2.71 bits per heavy atom. The number of benzene rings is 2. The molecule has 0 bridgehead atoms. The SMILES string of the molecule is CN(CCN(C)C(=O)OC1C=C=CCCCC1)C(=O)Oc1ccc2nc3ccc(=O)cc-3oc2c1. The molecule has 0 saturated heterocycles. The van der Waals surface area contributed by atoms with E-state index in [1.54, 1.807) is 44.4 Å². The van der Waals surface area contributed by atoms with Crippen molar-refractivity contribution < 1.29 is 23.5 Å². The Morgan fingerprint density at radius 2 is 1.89 bits per heavy atom. The first-order valence-corrected chi connectivity index (χ1v) is 11.5. The van der Waals surface area contributed by atoms with E-state index in [1.807, 2.05) is 6.08 Å². The van der Waals surface area contributed by atoms with Gasteiger partial charge in [0.15, 0.2) is 16.8 Å². The zero-order valence-corrected chi connectivity index (χ0v) is 19.7. The molecule has 35 heavy (non-hydrogen) atoms. The number of ether oxygens (including phenoxy) is 2. The van der Waals surface area contributed by atoms with Crippen LogP contribution >= 0.6 is 0 Å². The Bertz CT molecular complexity index is 1310. The first kappa shape index (κ1) is 24.0. The minimum atomic E-state index is -0.588. The van der Waals surface area contributed by atoms with Gasteiger partial charge in [0, 0.05) is 39.3 Å². The molecule has 0 spiro atoms. The summed E-state index contributed by atoms with van der Waals surface area (Å²) in [7, 11) is 3.21. The highest BCUT2D eigenvalue weighted by Crippen LogP contribution is 2.26. The van der Waals surface area contributed by atoms with Crippen LogP contribution in [0.4, 0.5) is 9.59 Å². The molecule has 9 heteroatoms. The van der Waals surface area contributed by atoms with Crippen molar-refractivity contribution >= 4 is 23.3 Å². The van der Waals surface area contributed by atoms with Crippen molar-refractivity contribution in [1.29, 1.82) is 0 Å². The second-order valence-electron chi connectivity index (χ2n) is 8.43. The summed E-state index contributed by atoms with van der Waals surface area (Å²) >= 11 is 0. The van der Waals surface area contributed by atoms with Crippen molar-refractivity contribution in [1.82, 2.24) is 14.8 Å². The zero-order valence-electron chi connectivity index (χ0n) is 19.7. The predicted octanol–water partition coefficient (Wildman–Crippen LogP) is 4.45. The molecule has 1 aromatic carbocycles. The third-order valence-electron chi connectivity index (χ3n) is 5.66. The minimum absolute atomic E-state index is 0.182. The third-order valence-corrected chi connectivity index (χ3v) is 5.66. The lowest BCUT2D eigenvalue weighted by atomic mass is 10.1. The summed E-state index contributed by atoms with van der Waals surface area (Å²) in [6.07, 6.45) is 6.20. The number of aromatic nitrogens is 1. The molecule has 0 radical (unpaired) electrons. The lowest BCUT2D eigenvalue weighted by molar-refractivity contribution is 0.0804. The van der Waals surface area contributed by atoms with Crippen molar-refractivity contribution in [2.75, 3.05) is 27.2 Å². The van der Waals surface area contributed by atoms with Crippen LogP contribution in [0.1, 0.15) is 25.7 Å². The highest BCUT2D eigenvalue weighted by molar-refractivity contribution is 5.79. The Morgan fingerprint density at radius 1 is 1.09 bits per heavy atom. The van der Waals surface area contributed by atoms with Gasteiger partial charge in [-0.15, -0.1) is 5.73 Å². The van der Waals surface area contributed by atoms with Crippen molar-refractivity contribution in [2.45, 2.75) is 31.8 Å². The van der Waals surface area contributed by atoms with Gasteiger partial charge in [-0.25, -0.2) is 14.6 Å². The predicted molar refractivity (Wildman–Crippen MR) is 130 cm³/mol. The number of fused-ring (bicyclic) bond motifs is 2. The monoisotopic (exact) mass is 477 g/mol. The van der Waals surface area contributed by atoms with Gasteiger partial charge < -0.3 is 23.7 Å². The maximum absolute atomic E-state index is 12.5. The van der Waals surface area contributed by atoms with Crippen molar-refractivity contribution in [2.24, 2.45) is 0 Å². The van der Waals surface area contributed by atoms with Crippen molar-refractivity contribution in [3.8, 4) is 17.2 Å². The number of hydrogen-bond donors (Lipinski definition) is 0. The molecule has 0 aromatic heterocycles. The Kier molecular flexibility index (Phi) is 7.48. The lowest BCUT2D eigenvalue weighted by Crippen LogP contribution is -2.39. The summed E-state index contributed by atoms with van der Waals surface area (Å²) in [6, 6.07) is 9.22. The smallest absolute Gasteiger partial charge is 0.415 e. The summed E-state index contributed by atoms with van der Waals surface area (Å²) in [5.41, 5.74) is 4.39. The van der Waals surface area contributed by atoms with E-state index in [1.165, 1.54) is 21.9 Å². The molecular formula is C26H27N3O6. The summed E-state index contributed by atoms with van der Waals surface area (Å²) < 4.78 is 16.7. The van der Waals surface area contributed by atoms with Gasteiger partial charge in [-0.05, 0) is 62.1 Å². The fraction of sp³-hybridized carbons (Fsp3) is 0.346. The maximum Gasteiger partial charge on any atom is 0.415 e. The minimum Gasteiger partial charge on any atom is -0.453 e. The molecular weight excluding hydrogens is 450 g/mol.